The van der Waals surface area contributed by atoms with Crippen LogP contribution in [0.4, 0.5) is 4.39 Å². The van der Waals surface area contributed by atoms with Gasteiger partial charge in [-0.05, 0) is 82.7 Å². The summed E-state index contributed by atoms with van der Waals surface area (Å²) >= 11 is 9.08. The Balaban J connectivity index is 1.55. The van der Waals surface area contributed by atoms with Crippen LogP contribution in [0.1, 0.15) is 29.3 Å². The molecule has 0 saturated carbocycles. The molecule has 3 aromatic heterocycles. The first-order valence-electron chi connectivity index (χ1n) is 9.66. The second-order valence-electron chi connectivity index (χ2n) is 7.16. The lowest BCUT2D eigenvalue weighted by Gasteiger charge is -2.25. The van der Waals surface area contributed by atoms with Gasteiger partial charge in [-0.15, -0.1) is 0 Å². The molecule has 1 aliphatic heterocycles. The predicted molar refractivity (Wildman–Crippen MR) is 122 cm³/mol. The van der Waals surface area contributed by atoms with Gasteiger partial charge in [0.1, 0.15) is 29.1 Å². The van der Waals surface area contributed by atoms with Crippen molar-refractivity contribution in [2.24, 2.45) is 0 Å². The van der Waals surface area contributed by atoms with Gasteiger partial charge in [0.2, 0.25) is 0 Å². The fourth-order valence-electron chi connectivity index (χ4n) is 3.80. The third kappa shape index (κ3) is 3.88. The molecule has 1 fully saturated rings. The number of hydrogen-bond donors (Lipinski definition) is 1. The Morgan fingerprint density at radius 3 is 2.77 bits per heavy atom. The highest BCUT2D eigenvalue weighted by atomic mass is 79.9. The highest BCUT2D eigenvalue weighted by Crippen LogP contribution is 2.42. The van der Waals surface area contributed by atoms with Crippen LogP contribution >= 0.6 is 28.1 Å². The second kappa shape index (κ2) is 8.28. The van der Waals surface area contributed by atoms with E-state index in [1.807, 2.05) is 47.4 Å². The molecule has 4 heterocycles. The van der Waals surface area contributed by atoms with E-state index < -0.39 is 0 Å². The molecular weight excluding hydrogens is 481 g/mol. The normalized spacial score (nSPS) is 18.4. The van der Waals surface area contributed by atoms with Crippen LogP contribution in [0.15, 0.2) is 86.4 Å². The van der Waals surface area contributed by atoms with Gasteiger partial charge in [-0.2, -0.15) is 0 Å². The lowest BCUT2D eigenvalue weighted by Crippen LogP contribution is -2.28. The molecular formula is C23H17BrFN3O2S. The Hall–Kier alpha value is -2.97. The van der Waals surface area contributed by atoms with Gasteiger partial charge in [-0.1, -0.05) is 6.07 Å². The SMILES string of the molecule is Fc1ccc(-c2ccc([C@@H]3[C@H](c4ccccn4)NC(=S)N3Cc3ccco3)o2)c(Br)c1. The monoisotopic (exact) mass is 497 g/mol. The van der Waals surface area contributed by atoms with Crippen molar-refractivity contribution in [2.45, 2.75) is 18.6 Å². The molecule has 0 unspecified atom stereocenters. The molecule has 31 heavy (non-hydrogen) atoms. The zero-order chi connectivity index (χ0) is 21.4. The molecule has 8 heteroatoms. The molecule has 1 N–H and O–H groups in total. The molecule has 1 aliphatic rings. The van der Waals surface area contributed by atoms with Crippen LogP contribution in [-0.2, 0) is 6.54 Å². The van der Waals surface area contributed by atoms with Crippen LogP contribution in [0.5, 0.6) is 0 Å². The highest BCUT2D eigenvalue weighted by molar-refractivity contribution is 9.10. The van der Waals surface area contributed by atoms with Crippen LogP contribution in [0.3, 0.4) is 0 Å². The maximum absolute atomic E-state index is 13.5. The van der Waals surface area contributed by atoms with Gasteiger partial charge in [0.15, 0.2) is 5.11 Å². The first-order chi connectivity index (χ1) is 15.1. The van der Waals surface area contributed by atoms with E-state index in [1.54, 1.807) is 18.5 Å². The van der Waals surface area contributed by atoms with E-state index >= 15 is 0 Å². The molecule has 0 spiro atoms. The molecule has 156 valence electrons. The van der Waals surface area contributed by atoms with Crippen molar-refractivity contribution in [1.82, 2.24) is 15.2 Å². The number of pyridine rings is 1. The van der Waals surface area contributed by atoms with Crippen LogP contribution in [0.2, 0.25) is 0 Å². The molecule has 2 atom stereocenters. The lowest BCUT2D eigenvalue weighted by atomic mass is 10.0. The lowest BCUT2D eigenvalue weighted by molar-refractivity contribution is 0.253. The number of nitrogens with one attached hydrogen (secondary N) is 1. The fraction of sp³-hybridized carbons (Fsp3) is 0.130. The molecule has 5 nitrogen and oxygen atoms in total. The molecule has 0 bridgehead atoms. The Morgan fingerprint density at radius 1 is 1.13 bits per heavy atom. The Morgan fingerprint density at radius 2 is 2.03 bits per heavy atom. The van der Waals surface area contributed by atoms with E-state index in [9.17, 15) is 4.39 Å². The molecule has 4 aromatic rings. The van der Waals surface area contributed by atoms with Crippen molar-refractivity contribution in [3.63, 3.8) is 0 Å². The summed E-state index contributed by atoms with van der Waals surface area (Å²) in [6.45, 7) is 0.489. The van der Waals surface area contributed by atoms with Crippen LogP contribution in [0.25, 0.3) is 11.3 Å². The Bertz CT molecular complexity index is 1210. The van der Waals surface area contributed by atoms with E-state index in [-0.39, 0.29) is 17.9 Å². The summed E-state index contributed by atoms with van der Waals surface area (Å²) in [5.74, 6) is 1.84. The number of nitrogens with zero attached hydrogens (tertiary/aromatic N) is 2. The topological polar surface area (TPSA) is 54.4 Å². The van der Waals surface area contributed by atoms with E-state index in [0.29, 0.717) is 21.9 Å². The van der Waals surface area contributed by atoms with Gasteiger partial charge in [-0.3, -0.25) is 4.98 Å². The first kappa shape index (κ1) is 20.0. The van der Waals surface area contributed by atoms with Crippen molar-refractivity contribution in [3.05, 3.63) is 101 Å². The number of benzene rings is 1. The minimum absolute atomic E-state index is 0.195. The summed E-state index contributed by atoms with van der Waals surface area (Å²) in [5, 5.41) is 3.98. The molecule has 0 radical (unpaired) electrons. The van der Waals surface area contributed by atoms with Crippen molar-refractivity contribution >= 4 is 33.3 Å². The highest BCUT2D eigenvalue weighted by Gasteiger charge is 2.42. The Kier molecular flexibility index (Phi) is 5.33. The number of rotatable bonds is 5. The van der Waals surface area contributed by atoms with Gasteiger partial charge in [0.25, 0.3) is 0 Å². The minimum atomic E-state index is -0.312. The van der Waals surface area contributed by atoms with Crippen molar-refractivity contribution in [1.29, 1.82) is 0 Å². The van der Waals surface area contributed by atoms with E-state index in [4.69, 9.17) is 21.1 Å². The molecule has 5 rings (SSSR count). The van der Waals surface area contributed by atoms with Crippen LogP contribution in [-0.4, -0.2) is 15.0 Å². The quantitative estimate of drug-likeness (QED) is 0.340. The minimum Gasteiger partial charge on any atom is -0.467 e. The largest absolute Gasteiger partial charge is 0.467 e. The van der Waals surface area contributed by atoms with Gasteiger partial charge < -0.3 is 19.1 Å². The van der Waals surface area contributed by atoms with Crippen LogP contribution < -0.4 is 5.32 Å². The summed E-state index contributed by atoms with van der Waals surface area (Å²) in [6, 6.07) is 17.5. The predicted octanol–water partition coefficient (Wildman–Crippen LogP) is 6.01. The van der Waals surface area contributed by atoms with Gasteiger partial charge >= 0.3 is 0 Å². The standard InChI is InChI=1S/C23H17BrFN3O2S/c24-17-12-14(25)6-7-16(17)19-8-9-20(30-19)22-21(18-5-1-2-10-26-18)27-23(31)28(22)13-15-4-3-11-29-15/h1-12,21-22H,13H2,(H,27,31)/t21-,22+/m0/s1. The average Bonchev–Trinajstić information content (AvgIpc) is 3.51. The maximum atomic E-state index is 13.5. The summed E-state index contributed by atoms with van der Waals surface area (Å²) in [6.07, 6.45) is 3.40. The number of thiocarbonyl (C=S) groups is 1. The fourth-order valence-corrected chi connectivity index (χ4v) is 4.65. The molecule has 1 aromatic carbocycles. The van der Waals surface area contributed by atoms with Gasteiger partial charge in [0, 0.05) is 16.2 Å². The van der Waals surface area contributed by atoms with Gasteiger partial charge in [0.05, 0.1) is 24.5 Å². The van der Waals surface area contributed by atoms with Crippen molar-refractivity contribution < 1.29 is 13.2 Å². The summed E-state index contributed by atoms with van der Waals surface area (Å²) in [4.78, 5) is 6.57. The van der Waals surface area contributed by atoms with Crippen LogP contribution in [0, 0.1) is 5.82 Å². The van der Waals surface area contributed by atoms with Crippen molar-refractivity contribution in [3.8, 4) is 11.3 Å². The zero-order valence-electron chi connectivity index (χ0n) is 16.2. The summed E-state index contributed by atoms with van der Waals surface area (Å²) < 4.78 is 26.0. The van der Waals surface area contributed by atoms with Crippen molar-refractivity contribution in [2.75, 3.05) is 0 Å². The first-order valence-corrected chi connectivity index (χ1v) is 10.9. The number of hydrogen-bond acceptors (Lipinski definition) is 4. The van der Waals surface area contributed by atoms with E-state index in [2.05, 4.69) is 26.2 Å². The van der Waals surface area contributed by atoms with Gasteiger partial charge in [-0.25, -0.2) is 4.39 Å². The third-order valence-electron chi connectivity index (χ3n) is 5.22. The average molecular weight is 498 g/mol. The summed E-state index contributed by atoms with van der Waals surface area (Å²) in [5.41, 5.74) is 1.63. The molecule has 0 aliphatic carbocycles. The van der Waals surface area contributed by atoms with E-state index in [0.717, 1.165) is 22.8 Å². The summed E-state index contributed by atoms with van der Waals surface area (Å²) in [7, 11) is 0. The zero-order valence-corrected chi connectivity index (χ0v) is 18.6. The molecule has 1 saturated heterocycles. The Labute approximate surface area is 192 Å². The number of halogens is 2. The smallest absolute Gasteiger partial charge is 0.170 e. The van der Waals surface area contributed by atoms with E-state index in [1.165, 1.54) is 12.1 Å². The number of furan rings is 2. The number of aromatic nitrogens is 1. The second-order valence-corrected chi connectivity index (χ2v) is 8.40. The maximum Gasteiger partial charge on any atom is 0.170 e. The third-order valence-corrected chi connectivity index (χ3v) is 6.23. The molecule has 0 amide bonds.